The molecule has 39 heavy (non-hydrogen) atoms. The van der Waals surface area contributed by atoms with Crippen LogP contribution in [0.4, 0.5) is 0 Å². The highest BCUT2D eigenvalue weighted by molar-refractivity contribution is 4.93. The van der Waals surface area contributed by atoms with E-state index in [4.69, 9.17) is 4.74 Å². The Hall–Kier alpha value is -0.720. The Morgan fingerprint density at radius 3 is 0.692 bits per heavy atom. The first-order chi connectivity index (χ1) is 19.2. The minimum atomic E-state index is 0.927. The second kappa shape index (κ2) is 33.5. The fourth-order valence-electron chi connectivity index (χ4n) is 5.69. The molecule has 0 aromatic carbocycles. The van der Waals surface area contributed by atoms with E-state index in [1.165, 1.54) is 193 Å². The Balaban J connectivity index is 3.27. The van der Waals surface area contributed by atoms with Gasteiger partial charge in [0.25, 0.3) is 0 Å². The number of rotatable bonds is 34. The van der Waals surface area contributed by atoms with E-state index in [0.717, 1.165) is 24.4 Å². The van der Waals surface area contributed by atoms with Gasteiger partial charge in [0.2, 0.25) is 0 Å². The Labute approximate surface area is 248 Å². The third-order valence-corrected chi connectivity index (χ3v) is 8.41. The standard InChI is InChI=1S/C38H74O/c1-5-7-9-11-13-15-17-19-21-23-25-27-29-31-33-35-37(3)39-38(4)36-34-32-30-28-26-24-22-20-18-16-14-12-10-8-6-2/h3-36H2,1-2H3. The fourth-order valence-corrected chi connectivity index (χ4v) is 5.69. The van der Waals surface area contributed by atoms with Crippen LogP contribution in [0.25, 0.3) is 0 Å². The summed E-state index contributed by atoms with van der Waals surface area (Å²) in [6.07, 6.45) is 44.2. The molecule has 0 aliphatic carbocycles. The molecule has 0 saturated carbocycles. The van der Waals surface area contributed by atoms with E-state index in [9.17, 15) is 0 Å². The molecule has 0 bridgehead atoms. The molecule has 0 radical (unpaired) electrons. The van der Waals surface area contributed by atoms with Crippen molar-refractivity contribution in [1.29, 1.82) is 0 Å². The van der Waals surface area contributed by atoms with Crippen LogP contribution in [0.3, 0.4) is 0 Å². The van der Waals surface area contributed by atoms with Crippen molar-refractivity contribution >= 4 is 0 Å². The van der Waals surface area contributed by atoms with Crippen LogP contribution in [0.1, 0.15) is 219 Å². The molecule has 0 spiro atoms. The van der Waals surface area contributed by atoms with Crippen molar-refractivity contribution in [1.82, 2.24) is 0 Å². The average Bonchev–Trinajstić information content (AvgIpc) is 2.93. The summed E-state index contributed by atoms with van der Waals surface area (Å²) in [7, 11) is 0. The summed E-state index contributed by atoms with van der Waals surface area (Å²) in [6, 6.07) is 0. The van der Waals surface area contributed by atoms with Gasteiger partial charge in [0.05, 0.1) is 11.5 Å². The molecule has 1 heteroatoms. The summed E-state index contributed by atoms with van der Waals surface area (Å²) < 4.78 is 5.90. The fraction of sp³-hybridized carbons (Fsp3) is 0.895. The van der Waals surface area contributed by atoms with Crippen LogP contribution in [0.15, 0.2) is 24.7 Å². The average molecular weight is 547 g/mol. The number of unbranched alkanes of at least 4 members (excludes halogenated alkanes) is 28. The maximum Gasteiger partial charge on any atom is 0.0964 e. The van der Waals surface area contributed by atoms with Crippen LogP contribution in [-0.4, -0.2) is 0 Å². The second-order valence-electron chi connectivity index (χ2n) is 12.6. The molecule has 0 aliphatic heterocycles. The smallest absolute Gasteiger partial charge is 0.0964 e. The van der Waals surface area contributed by atoms with Gasteiger partial charge in [-0.3, -0.25) is 0 Å². The second-order valence-corrected chi connectivity index (χ2v) is 12.6. The van der Waals surface area contributed by atoms with Gasteiger partial charge in [-0.2, -0.15) is 0 Å². The van der Waals surface area contributed by atoms with Crippen LogP contribution >= 0.6 is 0 Å². The van der Waals surface area contributed by atoms with Crippen molar-refractivity contribution < 1.29 is 4.74 Å². The SMILES string of the molecule is C=C(CCCCCCCCCCCCCCCCC)OC(=C)CCCCCCCCCCCCCCCCC. The molecule has 0 aliphatic rings. The first-order valence-corrected chi connectivity index (χ1v) is 18.2. The normalized spacial score (nSPS) is 11.2. The maximum absolute atomic E-state index is 5.90. The molecule has 0 fully saturated rings. The third kappa shape index (κ3) is 33.4. The van der Waals surface area contributed by atoms with E-state index in [1.54, 1.807) is 0 Å². The van der Waals surface area contributed by atoms with Gasteiger partial charge in [0.1, 0.15) is 0 Å². The minimum Gasteiger partial charge on any atom is -0.467 e. The lowest BCUT2D eigenvalue weighted by Gasteiger charge is -2.11. The molecule has 1 nitrogen and oxygen atoms in total. The number of ether oxygens (including phenoxy) is 1. The van der Waals surface area contributed by atoms with Crippen LogP contribution in [0, 0.1) is 0 Å². The molecule has 0 N–H and O–H groups in total. The van der Waals surface area contributed by atoms with E-state index >= 15 is 0 Å². The zero-order valence-corrected chi connectivity index (χ0v) is 27.4. The van der Waals surface area contributed by atoms with Crippen LogP contribution in [0.5, 0.6) is 0 Å². The topological polar surface area (TPSA) is 9.23 Å². The largest absolute Gasteiger partial charge is 0.467 e. The lowest BCUT2D eigenvalue weighted by atomic mass is 10.0. The van der Waals surface area contributed by atoms with Gasteiger partial charge in [-0.15, -0.1) is 0 Å². The highest BCUT2D eigenvalue weighted by Gasteiger charge is 2.02. The molecule has 0 aromatic heterocycles. The summed E-state index contributed by atoms with van der Waals surface area (Å²) in [5.74, 6) is 1.85. The van der Waals surface area contributed by atoms with Gasteiger partial charge < -0.3 is 4.74 Å². The zero-order valence-electron chi connectivity index (χ0n) is 27.4. The predicted molar refractivity (Wildman–Crippen MR) is 178 cm³/mol. The Morgan fingerprint density at radius 1 is 0.308 bits per heavy atom. The van der Waals surface area contributed by atoms with Gasteiger partial charge in [0, 0.05) is 12.8 Å². The number of hydrogen-bond donors (Lipinski definition) is 0. The molecule has 0 atom stereocenters. The van der Waals surface area contributed by atoms with Gasteiger partial charge in [-0.1, -0.05) is 207 Å². The minimum absolute atomic E-state index is 0.927. The van der Waals surface area contributed by atoms with E-state index in [0.29, 0.717) is 0 Å². The van der Waals surface area contributed by atoms with Crippen molar-refractivity contribution in [3.8, 4) is 0 Å². The van der Waals surface area contributed by atoms with E-state index in [-0.39, 0.29) is 0 Å². The molecule has 0 aromatic rings. The predicted octanol–water partition coefficient (Wildman–Crippen LogP) is 14.6. The van der Waals surface area contributed by atoms with E-state index < -0.39 is 0 Å². The first kappa shape index (κ1) is 38.3. The maximum atomic E-state index is 5.90. The molecule has 0 unspecified atom stereocenters. The first-order valence-electron chi connectivity index (χ1n) is 18.2. The Morgan fingerprint density at radius 2 is 0.487 bits per heavy atom. The van der Waals surface area contributed by atoms with Crippen LogP contribution in [-0.2, 0) is 4.74 Å². The molecule has 0 saturated heterocycles. The highest BCUT2D eigenvalue weighted by Crippen LogP contribution is 2.19. The van der Waals surface area contributed by atoms with Gasteiger partial charge >= 0.3 is 0 Å². The molecule has 0 amide bonds. The number of hydrogen-bond acceptors (Lipinski definition) is 1. The van der Waals surface area contributed by atoms with Crippen molar-refractivity contribution in [2.45, 2.75) is 219 Å². The van der Waals surface area contributed by atoms with Crippen molar-refractivity contribution in [2.75, 3.05) is 0 Å². The summed E-state index contributed by atoms with van der Waals surface area (Å²) in [5.41, 5.74) is 0. The van der Waals surface area contributed by atoms with E-state index in [1.807, 2.05) is 0 Å². The van der Waals surface area contributed by atoms with Crippen LogP contribution in [0.2, 0.25) is 0 Å². The number of allylic oxidation sites excluding steroid dienone is 2. The van der Waals surface area contributed by atoms with Crippen molar-refractivity contribution in [3.05, 3.63) is 24.7 Å². The highest BCUT2D eigenvalue weighted by atomic mass is 16.5. The summed E-state index contributed by atoms with van der Waals surface area (Å²) in [6.45, 7) is 12.9. The lowest BCUT2D eigenvalue weighted by molar-refractivity contribution is 0.274. The van der Waals surface area contributed by atoms with Gasteiger partial charge in [0.15, 0.2) is 0 Å². The zero-order chi connectivity index (χ0) is 28.5. The lowest BCUT2D eigenvalue weighted by Crippen LogP contribution is -1.93. The van der Waals surface area contributed by atoms with Gasteiger partial charge in [-0.05, 0) is 12.8 Å². The summed E-state index contributed by atoms with van der Waals surface area (Å²) in [4.78, 5) is 0. The molecular formula is C38H74O. The van der Waals surface area contributed by atoms with Gasteiger partial charge in [-0.25, -0.2) is 0 Å². The summed E-state index contributed by atoms with van der Waals surface area (Å²) >= 11 is 0. The van der Waals surface area contributed by atoms with Crippen LogP contribution < -0.4 is 0 Å². The monoisotopic (exact) mass is 547 g/mol. The Kier molecular flexibility index (Phi) is 32.9. The van der Waals surface area contributed by atoms with Crippen molar-refractivity contribution in [3.63, 3.8) is 0 Å². The quantitative estimate of drug-likeness (QED) is 0.0576. The molecule has 0 rings (SSSR count). The Bertz CT molecular complexity index is 449. The van der Waals surface area contributed by atoms with E-state index in [2.05, 4.69) is 27.0 Å². The molecular weight excluding hydrogens is 472 g/mol. The molecule has 232 valence electrons. The third-order valence-electron chi connectivity index (χ3n) is 8.41. The van der Waals surface area contributed by atoms with Crippen molar-refractivity contribution in [2.24, 2.45) is 0 Å². The molecule has 0 heterocycles. The summed E-state index contributed by atoms with van der Waals surface area (Å²) in [5, 5.41) is 0.